The SMILES string of the molecule is CC(C)N(CCC(CCN(C(C)C)C(C)C)(C(N)=O)c1ccc(-c2ccccc2)cc1)C(C)C. The molecule has 2 rings (SSSR count). The fraction of sp³-hybridized carbons (Fsp3) is 0.567. The molecule has 0 saturated heterocycles. The smallest absolute Gasteiger partial charge is 0.228 e. The molecule has 0 fully saturated rings. The molecule has 0 atom stereocenters. The lowest BCUT2D eigenvalue weighted by molar-refractivity contribution is -0.124. The molecule has 4 heteroatoms. The zero-order valence-corrected chi connectivity index (χ0v) is 22.7. The lowest BCUT2D eigenvalue weighted by Crippen LogP contribution is -2.49. The van der Waals surface area contributed by atoms with Crippen molar-refractivity contribution in [3.63, 3.8) is 0 Å². The van der Waals surface area contributed by atoms with Gasteiger partial charge in [0.25, 0.3) is 0 Å². The third kappa shape index (κ3) is 6.93. The molecule has 2 N–H and O–H groups in total. The van der Waals surface area contributed by atoms with E-state index in [4.69, 9.17) is 5.73 Å². The maximum Gasteiger partial charge on any atom is 0.228 e. The van der Waals surface area contributed by atoms with Crippen LogP contribution in [0.2, 0.25) is 0 Å². The van der Waals surface area contributed by atoms with Crippen LogP contribution in [0, 0.1) is 0 Å². The molecule has 0 aliphatic carbocycles. The minimum absolute atomic E-state index is 0.222. The topological polar surface area (TPSA) is 49.6 Å². The summed E-state index contributed by atoms with van der Waals surface area (Å²) in [7, 11) is 0. The summed E-state index contributed by atoms with van der Waals surface area (Å²) >= 11 is 0. The standard InChI is InChI=1S/C30H47N3O/c1-22(2)32(23(3)4)20-18-30(29(31)34,19-21-33(24(5)6)25(7)8)28-16-14-27(15-17-28)26-12-10-9-11-13-26/h9-17,22-25H,18-21H2,1-8H3,(H2,31,34). The monoisotopic (exact) mass is 465 g/mol. The van der Waals surface area contributed by atoms with Crippen LogP contribution in [0.15, 0.2) is 54.6 Å². The summed E-state index contributed by atoms with van der Waals surface area (Å²) in [6.07, 6.45) is 1.43. The Morgan fingerprint density at radius 3 is 1.41 bits per heavy atom. The Hall–Kier alpha value is -2.17. The number of amides is 1. The van der Waals surface area contributed by atoms with Gasteiger partial charge in [0.05, 0.1) is 5.41 Å². The Morgan fingerprint density at radius 1 is 0.676 bits per heavy atom. The quantitative estimate of drug-likeness (QED) is 0.389. The van der Waals surface area contributed by atoms with Gasteiger partial charge >= 0.3 is 0 Å². The van der Waals surface area contributed by atoms with Crippen molar-refractivity contribution >= 4 is 5.91 Å². The van der Waals surface area contributed by atoms with Gasteiger partial charge in [-0.05, 0) is 84.9 Å². The highest BCUT2D eigenvalue weighted by Gasteiger charge is 2.39. The highest BCUT2D eigenvalue weighted by Crippen LogP contribution is 2.35. The van der Waals surface area contributed by atoms with Crippen molar-refractivity contribution in [1.82, 2.24) is 9.80 Å². The molecule has 34 heavy (non-hydrogen) atoms. The predicted molar refractivity (Wildman–Crippen MR) is 146 cm³/mol. The number of hydrogen-bond acceptors (Lipinski definition) is 3. The van der Waals surface area contributed by atoms with Crippen molar-refractivity contribution in [2.45, 2.75) is 97.8 Å². The van der Waals surface area contributed by atoms with Gasteiger partial charge in [-0.25, -0.2) is 0 Å². The molecule has 2 aromatic carbocycles. The first-order valence-electron chi connectivity index (χ1n) is 13.0. The average Bonchev–Trinajstić information content (AvgIpc) is 2.77. The predicted octanol–water partition coefficient (Wildman–Crippen LogP) is 6.09. The van der Waals surface area contributed by atoms with Gasteiger partial charge in [-0.2, -0.15) is 0 Å². The van der Waals surface area contributed by atoms with Gasteiger partial charge < -0.3 is 5.73 Å². The van der Waals surface area contributed by atoms with Gasteiger partial charge in [-0.3, -0.25) is 14.6 Å². The molecule has 1 amide bonds. The van der Waals surface area contributed by atoms with Crippen LogP contribution in [0.5, 0.6) is 0 Å². The van der Waals surface area contributed by atoms with Crippen molar-refractivity contribution in [1.29, 1.82) is 0 Å². The van der Waals surface area contributed by atoms with E-state index in [-0.39, 0.29) is 5.91 Å². The molecule has 188 valence electrons. The van der Waals surface area contributed by atoms with Gasteiger partial charge in [0, 0.05) is 37.3 Å². The van der Waals surface area contributed by atoms with Crippen LogP contribution in [0.4, 0.5) is 0 Å². The summed E-state index contributed by atoms with van der Waals surface area (Å²) in [6.45, 7) is 19.4. The van der Waals surface area contributed by atoms with Crippen LogP contribution in [0.1, 0.15) is 73.8 Å². The van der Waals surface area contributed by atoms with Crippen LogP contribution >= 0.6 is 0 Å². The van der Waals surface area contributed by atoms with E-state index >= 15 is 0 Å². The molecule has 0 aliphatic rings. The highest BCUT2D eigenvalue weighted by molar-refractivity contribution is 5.87. The summed E-state index contributed by atoms with van der Waals surface area (Å²) in [5.41, 5.74) is 8.90. The molecular weight excluding hydrogens is 418 g/mol. The first kappa shape index (κ1) is 28.1. The molecule has 0 unspecified atom stereocenters. The molecule has 4 nitrogen and oxygen atoms in total. The lowest BCUT2D eigenvalue weighted by Gasteiger charge is -2.39. The van der Waals surface area contributed by atoms with Crippen LogP contribution in [0.3, 0.4) is 0 Å². The van der Waals surface area contributed by atoms with E-state index in [9.17, 15) is 4.79 Å². The average molecular weight is 466 g/mol. The molecule has 0 spiro atoms. The van der Waals surface area contributed by atoms with E-state index in [1.807, 2.05) is 6.07 Å². The van der Waals surface area contributed by atoms with E-state index in [1.54, 1.807) is 0 Å². The minimum Gasteiger partial charge on any atom is -0.369 e. The van der Waals surface area contributed by atoms with Crippen molar-refractivity contribution in [3.8, 4) is 11.1 Å². The second-order valence-corrected chi connectivity index (χ2v) is 10.7. The maximum atomic E-state index is 13.3. The van der Waals surface area contributed by atoms with Crippen molar-refractivity contribution in [3.05, 3.63) is 60.2 Å². The number of carbonyl (C=O) groups excluding carboxylic acids is 1. The number of nitrogens with zero attached hydrogens (tertiary/aromatic N) is 2. The normalized spacial score (nSPS) is 12.6. The highest BCUT2D eigenvalue weighted by atomic mass is 16.1. The van der Waals surface area contributed by atoms with Crippen LogP contribution in [-0.4, -0.2) is 53.0 Å². The summed E-state index contributed by atoms with van der Waals surface area (Å²) in [5.74, 6) is -0.222. The van der Waals surface area contributed by atoms with E-state index in [2.05, 4.69) is 114 Å². The van der Waals surface area contributed by atoms with Gasteiger partial charge in [0.15, 0.2) is 0 Å². The zero-order chi connectivity index (χ0) is 25.5. The number of primary amides is 1. The first-order valence-corrected chi connectivity index (χ1v) is 13.0. The Balaban J connectivity index is 2.46. The van der Waals surface area contributed by atoms with Gasteiger partial charge in [0.2, 0.25) is 5.91 Å². The van der Waals surface area contributed by atoms with Crippen LogP contribution in [0.25, 0.3) is 11.1 Å². The fourth-order valence-corrected chi connectivity index (χ4v) is 5.28. The summed E-state index contributed by atoms with van der Waals surface area (Å²) in [5, 5.41) is 0. The largest absolute Gasteiger partial charge is 0.369 e. The molecule has 2 aromatic rings. The number of hydrogen-bond donors (Lipinski definition) is 1. The summed E-state index contributed by atoms with van der Waals surface area (Å²) in [4.78, 5) is 18.2. The van der Waals surface area contributed by atoms with Crippen LogP contribution < -0.4 is 5.73 Å². The van der Waals surface area contributed by atoms with Gasteiger partial charge in [0.1, 0.15) is 0 Å². The van der Waals surface area contributed by atoms with E-state index in [0.717, 1.165) is 24.2 Å². The first-order chi connectivity index (χ1) is 16.0. The van der Waals surface area contributed by atoms with Crippen molar-refractivity contribution in [2.24, 2.45) is 5.73 Å². The Kier molecular flexibility index (Phi) is 10.3. The second-order valence-electron chi connectivity index (χ2n) is 10.7. The number of benzene rings is 2. The fourth-order valence-electron chi connectivity index (χ4n) is 5.28. The van der Waals surface area contributed by atoms with Crippen molar-refractivity contribution < 1.29 is 4.79 Å². The maximum absolute atomic E-state index is 13.3. The number of nitrogens with two attached hydrogens (primary N) is 1. The Bertz CT molecular complexity index is 832. The van der Waals surface area contributed by atoms with Crippen LogP contribution in [-0.2, 0) is 10.2 Å². The van der Waals surface area contributed by atoms with E-state index in [0.29, 0.717) is 37.0 Å². The molecule has 0 aromatic heterocycles. The van der Waals surface area contributed by atoms with Gasteiger partial charge in [-0.1, -0.05) is 54.6 Å². The summed E-state index contributed by atoms with van der Waals surface area (Å²) < 4.78 is 0. The summed E-state index contributed by atoms with van der Waals surface area (Å²) in [6, 6.07) is 20.5. The van der Waals surface area contributed by atoms with E-state index < -0.39 is 5.41 Å². The lowest BCUT2D eigenvalue weighted by atomic mass is 9.73. The molecule has 0 aliphatic heterocycles. The molecule has 0 heterocycles. The molecule has 0 bridgehead atoms. The molecule has 0 radical (unpaired) electrons. The van der Waals surface area contributed by atoms with Crippen molar-refractivity contribution in [2.75, 3.05) is 13.1 Å². The Morgan fingerprint density at radius 2 is 1.06 bits per heavy atom. The number of carbonyl (C=O) groups is 1. The number of rotatable bonds is 13. The Labute approximate surface area is 208 Å². The second kappa shape index (κ2) is 12.5. The third-order valence-electron chi connectivity index (χ3n) is 7.26. The molecule has 0 saturated carbocycles. The van der Waals surface area contributed by atoms with E-state index in [1.165, 1.54) is 5.56 Å². The third-order valence-corrected chi connectivity index (χ3v) is 7.26. The molecular formula is C30H47N3O. The zero-order valence-electron chi connectivity index (χ0n) is 22.7. The van der Waals surface area contributed by atoms with Gasteiger partial charge in [-0.15, -0.1) is 0 Å². The minimum atomic E-state index is -0.709.